The molecule has 1 rings (SSSR count). The fourth-order valence-corrected chi connectivity index (χ4v) is 1.21. The highest BCUT2D eigenvalue weighted by Gasteiger charge is 2.38. The van der Waals surface area contributed by atoms with Crippen LogP contribution >= 0.6 is 0 Å². The van der Waals surface area contributed by atoms with Gasteiger partial charge in [0.15, 0.2) is 0 Å². The molecule has 1 aliphatic rings. The number of aliphatic carboxylic acids is 1. The van der Waals surface area contributed by atoms with E-state index in [4.69, 9.17) is 20.4 Å². The molecular formula is C10H15F3N2O5. The van der Waals surface area contributed by atoms with Crippen molar-refractivity contribution in [3.8, 4) is 0 Å². The Labute approximate surface area is 112 Å². The van der Waals surface area contributed by atoms with Gasteiger partial charge in [-0.3, -0.25) is 14.5 Å². The fourth-order valence-electron chi connectivity index (χ4n) is 1.21. The SMILES string of the molecule is NCCOCCN1C(=O)CCC1=O.O=C(O)C(F)(F)F. The molecule has 0 aliphatic carbocycles. The quantitative estimate of drug-likeness (QED) is 0.535. The second kappa shape index (κ2) is 8.48. The lowest BCUT2D eigenvalue weighted by atomic mass is 10.4. The number of nitrogens with zero attached hydrogens (tertiary/aromatic N) is 1. The molecule has 1 saturated heterocycles. The lowest BCUT2D eigenvalue weighted by Crippen LogP contribution is -2.32. The lowest BCUT2D eigenvalue weighted by molar-refractivity contribution is -0.192. The minimum absolute atomic E-state index is 0.0960. The van der Waals surface area contributed by atoms with Crippen LogP contribution in [0.4, 0.5) is 13.2 Å². The van der Waals surface area contributed by atoms with Crippen LogP contribution in [0.15, 0.2) is 0 Å². The van der Waals surface area contributed by atoms with E-state index in [0.29, 0.717) is 39.1 Å². The summed E-state index contributed by atoms with van der Waals surface area (Å²) in [6.07, 6.45) is -4.40. The first-order valence-corrected chi connectivity index (χ1v) is 5.61. The van der Waals surface area contributed by atoms with Gasteiger partial charge in [0.1, 0.15) is 0 Å². The van der Waals surface area contributed by atoms with Crippen LogP contribution in [-0.2, 0) is 19.1 Å². The number of nitrogens with two attached hydrogens (primary N) is 1. The highest BCUT2D eigenvalue weighted by atomic mass is 19.4. The Hall–Kier alpha value is -1.68. The molecule has 0 saturated carbocycles. The predicted molar refractivity (Wildman–Crippen MR) is 59.5 cm³/mol. The molecule has 0 atom stereocenters. The van der Waals surface area contributed by atoms with Gasteiger partial charge in [-0.1, -0.05) is 0 Å². The van der Waals surface area contributed by atoms with E-state index in [2.05, 4.69) is 0 Å². The maximum Gasteiger partial charge on any atom is 0.490 e. The third kappa shape index (κ3) is 7.04. The van der Waals surface area contributed by atoms with Crippen molar-refractivity contribution in [2.24, 2.45) is 5.73 Å². The number of rotatable bonds is 5. The standard InChI is InChI=1S/C8H14N2O3.C2HF3O2/c9-3-5-13-6-4-10-7(11)1-2-8(10)12;3-2(4,5)1(6)7/h1-6,9H2;(H,6,7). The summed E-state index contributed by atoms with van der Waals surface area (Å²) in [6.45, 7) is 1.67. The summed E-state index contributed by atoms with van der Waals surface area (Å²) in [5.41, 5.74) is 5.20. The van der Waals surface area contributed by atoms with Gasteiger partial charge in [0.05, 0.1) is 19.8 Å². The third-order valence-electron chi connectivity index (χ3n) is 2.12. The highest BCUT2D eigenvalue weighted by molar-refractivity contribution is 6.01. The largest absolute Gasteiger partial charge is 0.490 e. The summed E-state index contributed by atoms with van der Waals surface area (Å²) in [5.74, 6) is -2.95. The topological polar surface area (TPSA) is 110 Å². The summed E-state index contributed by atoms with van der Waals surface area (Å²) in [4.78, 5) is 32.3. The van der Waals surface area contributed by atoms with Gasteiger partial charge in [0, 0.05) is 19.4 Å². The van der Waals surface area contributed by atoms with E-state index in [1.54, 1.807) is 0 Å². The van der Waals surface area contributed by atoms with E-state index in [9.17, 15) is 22.8 Å². The first kappa shape index (κ1) is 18.3. The number of hydrogen-bond acceptors (Lipinski definition) is 5. The van der Waals surface area contributed by atoms with E-state index < -0.39 is 12.1 Å². The van der Waals surface area contributed by atoms with Crippen LogP contribution in [0.5, 0.6) is 0 Å². The molecule has 1 aliphatic heterocycles. The Balaban J connectivity index is 0.000000441. The van der Waals surface area contributed by atoms with Crippen LogP contribution in [0.25, 0.3) is 0 Å². The van der Waals surface area contributed by atoms with Crippen molar-refractivity contribution in [2.75, 3.05) is 26.3 Å². The molecule has 20 heavy (non-hydrogen) atoms. The molecule has 1 heterocycles. The summed E-state index contributed by atoms with van der Waals surface area (Å²) in [6, 6.07) is 0. The molecule has 0 spiro atoms. The monoisotopic (exact) mass is 300 g/mol. The zero-order valence-corrected chi connectivity index (χ0v) is 10.5. The smallest absolute Gasteiger partial charge is 0.475 e. The number of ether oxygens (including phenoxy) is 1. The molecule has 2 amide bonds. The normalized spacial score (nSPS) is 15.1. The molecule has 3 N–H and O–H groups in total. The van der Waals surface area contributed by atoms with Crippen LogP contribution in [0, 0.1) is 0 Å². The number of alkyl halides is 3. The average Bonchev–Trinajstić information content (AvgIpc) is 2.65. The molecule has 0 bridgehead atoms. The summed E-state index contributed by atoms with van der Waals surface area (Å²) in [5, 5.41) is 7.12. The Bertz CT molecular complexity index is 343. The van der Waals surface area contributed by atoms with Crippen molar-refractivity contribution in [1.29, 1.82) is 0 Å². The Kier molecular flexibility index (Phi) is 7.77. The minimum Gasteiger partial charge on any atom is -0.475 e. The first-order valence-electron chi connectivity index (χ1n) is 5.61. The van der Waals surface area contributed by atoms with E-state index in [1.807, 2.05) is 0 Å². The molecule has 0 unspecified atom stereocenters. The van der Waals surface area contributed by atoms with Crippen molar-refractivity contribution in [3.05, 3.63) is 0 Å². The number of imide groups is 1. The van der Waals surface area contributed by atoms with Gasteiger partial charge in [0.2, 0.25) is 11.8 Å². The van der Waals surface area contributed by atoms with Gasteiger partial charge < -0.3 is 15.6 Å². The van der Waals surface area contributed by atoms with Gasteiger partial charge in [-0.05, 0) is 0 Å². The zero-order valence-electron chi connectivity index (χ0n) is 10.5. The van der Waals surface area contributed by atoms with Crippen LogP contribution in [0.3, 0.4) is 0 Å². The lowest BCUT2D eigenvalue weighted by Gasteiger charge is -2.12. The summed E-state index contributed by atoms with van der Waals surface area (Å²) in [7, 11) is 0. The van der Waals surface area contributed by atoms with Crippen molar-refractivity contribution in [2.45, 2.75) is 19.0 Å². The minimum atomic E-state index is -5.08. The first-order chi connectivity index (χ1) is 9.20. The summed E-state index contributed by atoms with van der Waals surface area (Å²) < 4.78 is 36.8. The van der Waals surface area contributed by atoms with Crippen LogP contribution in [-0.4, -0.2) is 60.3 Å². The molecule has 7 nitrogen and oxygen atoms in total. The molecule has 0 aromatic rings. The van der Waals surface area contributed by atoms with Crippen molar-refractivity contribution in [1.82, 2.24) is 4.90 Å². The number of carbonyl (C=O) groups is 3. The Morgan fingerprint density at radius 2 is 1.70 bits per heavy atom. The zero-order chi connectivity index (χ0) is 15.8. The number of carboxylic acids is 1. The van der Waals surface area contributed by atoms with Crippen LogP contribution in [0.2, 0.25) is 0 Å². The van der Waals surface area contributed by atoms with Crippen LogP contribution < -0.4 is 5.73 Å². The van der Waals surface area contributed by atoms with E-state index in [0.717, 1.165) is 0 Å². The molecule has 10 heteroatoms. The third-order valence-corrected chi connectivity index (χ3v) is 2.12. The van der Waals surface area contributed by atoms with Crippen molar-refractivity contribution in [3.63, 3.8) is 0 Å². The van der Waals surface area contributed by atoms with Crippen LogP contribution in [0.1, 0.15) is 12.8 Å². The summed E-state index contributed by atoms with van der Waals surface area (Å²) >= 11 is 0. The molecule has 0 aromatic carbocycles. The Morgan fingerprint density at radius 3 is 2.05 bits per heavy atom. The van der Waals surface area contributed by atoms with E-state index in [1.165, 1.54) is 4.90 Å². The second-order valence-corrected chi connectivity index (χ2v) is 3.64. The number of carboxylic acid groups (broad SMARTS) is 1. The maximum atomic E-state index is 11.1. The van der Waals surface area contributed by atoms with Crippen molar-refractivity contribution < 1.29 is 37.4 Å². The molecule has 116 valence electrons. The van der Waals surface area contributed by atoms with E-state index in [-0.39, 0.29) is 11.8 Å². The number of halogens is 3. The van der Waals surface area contributed by atoms with Gasteiger partial charge in [-0.15, -0.1) is 0 Å². The van der Waals surface area contributed by atoms with Gasteiger partial charge in [0.25, 0.3) is 0 Å². The maximum absolute atomic E-state index is 11.1. The molecule has 1 fully saturated rings. The molecular weight excluding hydrogens is 285 g/mol. The number of hydrogen-bond donors (Lipinski definition) is 2. The number of carbonyl (C=O) groups excluding carboxylic acids is 2. The highest BCUT2D eigenvalue weighted by Crippen LogP contribution is 2.13. The molecule has 0 radical (unpaired) electrons. The number of likely N-dealkylation sites (tertiary alicyclic amines) is 1. The molecule has 0 aromatic heterocycles. The average molecular weight is 300 g/mol. The number of amides is 2. The van der Waals surface area contributed by atoms with Gasteiger partial charge in [-0.25, -0.2) is 4.79 Å². The van der Waals surface area contributed by atoms with Gasteiger partial charge >= 0.3 is 12.1 Å². The van der Waals surface area contributed by atoms with Gasteiger partial charge in [-0.2, -0.15) is 13.2 Å². The predicted octanol–water partition coefficient (Wildman–Crippen LogP) is -0.256. The Morgan fingerprint density at radius 1 is 1.25 bits per heavy atom. The van der Waals surface area contributed by atoms with Crippen molar-refractivity contribution >= 4 is 17.8 Å². The van der Waals surface area contributed by atoms with E-state index >= 15 is 0 Å². The fraction of sp³-hybridized carbons (Fsp3) is 0.700. The second-order valence-electron chi connectivity index (χ2n) is 3.64.